The fraction of sp³-hybridized carbons (Fsp3) is 0. The molecular formula is C7H5ClN2O2S. The fourth-order valence-corrected chi connectivity index (χ4v) is 1.97. The van der Waals surface area contributed by atoms with Crippen molar-refractivity contribution in [2.45, 2.75) is 0 Å². The SMILES string of the molecule is O=S(O)n1c(Cl)nc2ccccc21. The Bertz CT molecular complexity index is 482. The van der Waals surface area contributed by atoms with Crippen LogP contribution in [-0.4, -0.2) is 17.7 Å². The van der Waals surface area contributed by atoms with Gasteiger partial charge in [-0.05, 0) is 23.7 Å². The van der Waals surface area contributed by atoms with Gasteiger partial charge in [0.15, 0.2) is 0 Å². The highest BCUT2D eigenvalue weighted by molar-refractivity contribution is 7.77. The third-order valence-electron chi connectivity index (χ3n) is 1.64. The van der Waals surface area contributed by atoms with Gasteiger partial charge in [0.25, 0.3) is 11.3 Å². The summed E-state index contributed by atoms with van der Waals surface area (Å²) >= 11 is 3.50. The molecule has 0 saturated carbocycles. The van der Waals surface area contributed by atoms with Gasteiger partial charge >= 0.3 is 0 Å². The second-order valence-electron chi connectivity index (χ2n) is 2.39. The van der Waals surface area contributed by atoms with E-state index in [4.69, 9.17) is 16.2 Å². The lowest BCUT2D eigenvalue weighted by molar-refractivity contribution is 0.556. The summed E-state index contributed by atoms with van der Waals surface area (Å²) in [6, 6.07) is 6.95. The fourth-order valence-electron chi connectivity index (χ4n) is 1.12. The molecular weight excluding hydrogens is 212 g/mol. The summed E-state index contributed by atoms with van der Waals surface area (Å²) in [6.45, 7) is 0. The van der Waals surface area contributed by atoms with E-state index in [1.165, 1.54) is 0 Å². The van der Waals surface area contributed by atoms with Crippen LogP contribution in [0.25, 0.3) is 11.0 Å². The van der Waals surface area contributed by atoms with Crippen molar-refractivity contribution in [2.75, 3.05) is 0 Å². The summed E-state index contributed by atoms with van der Waals surface area (Å²) in [7, 11) is 0. The van der Waals surface area contributed by atoms with Crippen LogP contribution in [0.5, 0.6) is 0 Å². The first-order chi connectivity index (χ1) is 6.20. The molecule has 13 heavy (non-hydrogen) atoms. The number of benzene rings is 1. The van der Waals surface area contributed by atoms with E-state index in [1.54, 1.807) is 24.3 Å². The Morgan fingerprint density at radius 1 is 1.46 bits per heavy atom. The highest BCUT2D eigenvalue weighted by Crippen LogP contribution is 2.19. The summed E-state index contributed by atoms with van der Waals surface area (Å²) in [6.07, 6.45) is 0. The molecule has 0 spiro atoms. The van der Waals surface area contributed by atoms with Crippen LogP contribution < -0.4 is 0 Å². The van der Waals surface area contributed by atoms with E-state index < -0.39 is 11.3 Å². The molecule has 1 aromatic carbocycles. The lowest BCUT2D eigenvalue weighted by Gasteiger charge is -1.96. The van der Waals surface area contributed by atoms with Crippen LogP contribution >= 0.6 is 11.6 Å². The number of nitrogens with zero attached hydrogens (tertiary/aromatic N) is 2. The number of aromatic nitrogens is 2. The Morgan fingerprint density at radius 3 is 2.85 bits per heavy atom. The second-order valence-corrected chi connectivity index (χ2v) is 3.56. The van der Waals surface area contributed by atoms with Crippen molar-refractivity contribution in [1.29, 1.82) is 0 Å². The first-order valence-corrected chi connectivity index (χ1v) is 4.88. The topological polar surface area (TPSA) is 55.1 Å². The van der Waals surface area contributed by atoms with Gasteiger partial charge in [-0.1, -0.05) is 12.1 Å². The standard InChI is InChI=1S/C7H5ClN2O2S/c8-7-9-5-3-1-2-4-6(5)10(7)13(11)12/h1-4H,(H,11,12). The van der Waals surface area contributed by atoms with Gasteiger partial charge in [-0.3, -0.25) is 4.55 Å². The minimum Gasteiger partial charge on any atom is -0.289 e. The molecule has 0 aliphatic heterocycles. The number of hydrogen-bond acceptors (Lipinski definition) is 2. The number of para-hydroxylation sites is 2. The summed E-state index contributed by atoms with van der Waals surface area (Å²) in [5.74, 6) is 0. The molecule has 1 unspecified atom stereocenters. The van der Waals surface area contributed by atoms with Crippen molar-refractivity contribution in [1.82, 2.24) is 8.96 Å². The molecule has 1 atom stereocenters. The summed E-state index contributed by atoms with van der Waals surface area (Å²) < 4.78 is 20.8. The van der Waals surface area contributed by atoms with Crippen molar-refractivity contribution in [3.05, 3.63) is 29.5 Å². The van der Waals surface area contributed by atoms with Gasteiger partial charge in [0.05, 0.1) is 11.0 Å². The molecule has 0 fully saturated rings. The Morgan fingerprint density at radius 2 is 2.15 bits per heavy atom. The van der Waals surface area contributed by atoms with E-state index in [2.05, 4.69) is 4.98 Å². The lowest BCUT2D eigenvalue weighted by atomic mass is 10.3. The van der Waals surface area contributed by atoms with Crippen LogP contribution in [0.3, 0.4) is 0 Å². The third-order valence-corrected chi connectivity index (χ3v) is 2.67. The maximum absolute atomic E-state index is 10.8. The molecule has 0 bridgehead atoms. The molecule has 0 radical (unpaired) electrons. The quantitative estimate of drug-likeness (QED) is 0.738. The predicted octanol–water partition coefficient (Wildman–Crippen LogP) is 1.67. The van der Waals surface area contributed by atoms with Crippen molar-refractivity contribution in [3.8, 4) is 0 Å². The van der Waals surface area contributed by atoms with Crippen LogP contribution in [0.2, 0.25) is 5.28 Å². The van der Waals surface area contributed by atoms with E-state index in [9.17, 15) is 4.21 Å². The van der Waals surface area contributed by atoms with Crippen LogP contribution in [0.4, 0.5) is 0 Å². The number of halogens is 1. The van der Waals surface area contributed by atoms with Crippen LogP contribution in [0.15, 0.2) is 24.3 Å². The average molecular weight is 217 g/mol. The molecule has 2 aromatic rings. The van der Waals surface area contributed by atoms with E-state index in [1.807, 2.05) is 0 Å². The van der Waals surface area contributed by atoms with Crippen molar-refractivity contribution in [3.63, 3.8) is 0 Å². The first-order valence-electron chi connectivity index (χ1n) is 3.44. The number of fused-ring (bicyclic) bond motifs is 1. The van der Waals surface area contributed by atoms with Crippen molar-refractivity contribution >= 4 is 33.9 Å². The predicted molar refractivity (Wildman–Crippen MR) is 50.9 cm³/mol. The summed E-state index contributed by atoms with van der Waals surface area (Å²) in [4.78, 5) is 3.91. The molecule has 1 aromatic heterocycles. The molecule has 0 amide bonds. The number of hydrogen-bond donors (Lipinski definition) is 1. The second kappa shape index (κ2) is 3.10. The van der Waals surface area contributed by atoms with Gasteiger partial charge in [-0.15, -0.1) is 0 Å². The largest absolute Gasteiger partial charge is 0.289 e. The molecule has 0 aliphatic rings. The van der Waals surface area contributed by atoms with E-state index in [-0.39, 0.29) is 5.28 Å². The third kappa shape index (κ3) is 1.35. The molecule has 68 valence electrons. The van der Waals surface area contributed by atoms with Crippen molar-refractivity contribution < 1.29 is 8.76 Å². The zero-order chi connectivity index (χ0) is 9.42. The molecule has 2 rings (SSSR count). The van der Waals surface area contributed by atoms with E-state index in [0.29, 0.717) is 11.0 Å². The molecule has 0 aliphatic carbocycles. The van der Waals surface area contributed by atoms with Crippen LogP contribution in [-0.2, 0) is 11.3 Å². The first kappa shape index (κ1) is 8.68. The van der Waals surface area contributed by atoms with Gasteiger partial charge in [-0.25, -0.2) is 13.2 Å². The van der Waals surface area contributed by atoms with Gasteiger partial charge in [0.1, 0.15) is 0 Å². The zero-order valence-electron chi connectivity index (χ0n) is 6.35. The van der Waals surface area contributed by atoms with Gasteiger partial charge < -0.3 is 0 Å². The Labute approximate surface area is 81.6 Å². The van der Waals surface area contributed by atoms with Crippen molar-refractivity contribution in [2.24, 2.45) is 0 Å². The lowest BCUT2D eigenvalue weighted by Crippen LogP contribution is -2.01. The molecule has 1 N–H and O–H groups in total. The van der Waals surface area contributed by atoms with Gasteiger partial charge in [0.2, 0.25) is 5.28 Å². The highest BCUT2D eigenvalue weighted by atomic mass is 35.5. The maximum Gasteiger partial charge on any atom is 0.268 e. The summed E-state index contributed by atoms with van der Waals surface area (Å²) in [5, 5.41) is 0.0158. The molecule has 0 saturated heterocycles. The maximum atomic E-state index is 10.8. The zero-order valence-corrected chi connectivity index (χ0v) is 7.92. The molecule has 1 heterocycles. The Balaban J connectivity index is 2.86. The van der Waals surface area contributed by atoms with Gasteiger partial charge in [-0.2, -0.15) is 0 Å². The average Bonchev–Trinajstić information content (AvgIpc) is 2.39. The Hall–Kier alpha value is -0.910. The minimum absolute atomic E-state index is 0.0158. The number of rotatable bonds is 1. The normalized spacial score (nSPS) is 13.4. The van der Waals surface area contributed by atoms with E-state index in [0.717, 1.165) is 3.97 Å². The van der Waals surface area contributed by atoms with Gasteiger partial charge in [0, 0.05) is 0 Å². The van der Waals surface area contributed by atoms with E-state index >= 15 is 0 Å². The monoisotopic (exact) mass is 216 g/mol. The number of imidazole rings is 1. The molecule has 4 nitrogen and oxygen atoms in total. The minimum atomic E-state index is -2.16. The van der Waals surface area contributed by atoms with Crippen LogP contribution in [0, 0.1) is 0 Å². The smallest absolute Gasteiger partial charge is 0.268 e. The Kier molecular flexibility index (Phi) is 2.07. The summed E-state index contributed by atoms with van der Waals surface area (Å²) in [5.41, 5.74) is 1.16. The van der Waals surface area contributed by atoms with Crippen LogP contribution in [0.1, 0.15) is 0 Å². The molecule has 6 heteroatoms. The highest BCUT2D eigenvalue weighted by Gasteiger charge is 2.11.